The predicted octanol–water partition coefficient (Wildman–Crippen LogP) is 3.16. The Labute approximate surface area is 212 Å². The number of hydrogen-bond donors (Lipinski definition) is 4. The van der Waals surface area contributed by atoms with Crippen molar-refractivity contribution in [3.63, 3.8) is 0 Å². The van der Waals surface area contributed by atoms with E-state index in [9.17, 15) is 14.7 Å². The van der Waals surface area contributed by atoms with Gasteiger partial charge in [0.05, 0.1) is 25.2 Å². The number of aliphatic hydroxyl groups is 1. The first-order valence-corrected chi connectivity index (χ1v) is 14.4. The molecule has 0 aromatic carbocycles. The summed E-state index contributed by atoms with van der Waals surface area (Å²) in [4.78, 5) is 28.7. The third-order valence-corrected chi connectivity index (χ3v) is 7.74. The van der Waals surface area contributed by atoms with Crippen molar-refractivity contribution < 1.29 is 19.4 Å². The van der Waals surface area contributed by atoms with Crippen molar-refractivity contribution >= 4 is 24.4 Å². The van der Waals surface area contributed by atoms with Crippen LogP contribution in [0.3, 0.4) is 0 Å². The first kappa shape index (κ1) is 29.4. The van der Waals surface area contributed by atoms with E-state index >= 15 is 0 Å². The number of hydrogen-bond acceptors (Lipinski definition) is 6. The summed E-state index contributed by atoms with van der Waals surface area (Å²) in [6.45, 7) is 6.79. The zero-order chi connectivity index (χ0) is 24.6. The molecule has 0 aromatic rings. The lowest BCUT2D eigenvalue weighted by Gasteiger charge is -2.30. The van der Waals surface area contributed by atoms with Gasteiger partial charge in [-0.25, -0.2) is 0 Å². The molecule has 198 valence electrons. The second-order valence-electron chi connectivity index (χ2n) is 10.1. The molecule has 3 N–H and O–H groups in total. The van der Waals surface area contributed by atoms with Gasteiger partial charge in [0.1, 0.15) is 6.04 Å². The van der Waals surface area contributed by atoms with Crippen LogP contribution in [0, 0.1) is 11.8 Å². The number of morpholine rings is 1. The van der Waals surface area contributed by atoms with Crippen LogP contribution < -0.4 is 10.6 Å². The fourth-order valence-electron chi connectivity index (χ4n) is 5.14. The Balaban J connectivity index is 1.93. The molecule has 1 aliphatic carbocycles. The number of nitrogens with zero attached hydrogens (tertiary/aromatic N) is 1. The van der Waals surface area contributed by atoms with Crippen molar-refractivity contribution in [3.05, 3.63) is 0 Å². The molecule has 7 nitrogen and oxygen atoms in total. The van der Waals surface area contributed by atoms with Crippen LogP contribution in [0.2, 0.25) is 0 Å². The van der Waals surface area contributed by atoms with Crippen LogP contribution in [0.4, 0.5) is 0 Å². The number of ether oxygens (including phenoxy) is 1. The molecule has 2 fully saturated rings. The molecule has 3 atom stereocenters. The standard InChI is InChI=1S/C26H49N3O4S/c1-2-3-4-5-9-12-22(24(30)20-34)25(31)28-23(19-21-10-7-6-8-11-21)26(32)27-13-14-29-15-17-33-18-16-29/h21-24,30,34H,2-20H2,1H3,(H,27,32)(H,28,31)/t22?,23-,24?/m0/s1. The van der Waals surface area contributed by atoms with E-state index < -0.39 is 18.1 Å². The van der Waals surface area contributed by atoms with Crippen molar-refractivity contribution in [2.24, 2.45) is 11.8 Å². The highest BCUT2D eigenvalue weighted by Crippen LogP contribution is 2.28. The third-order valence-electron chi connectivity index (χ3n) is 7.36. The van der Waals surface area contributed by atoms with Crippen molar-refractivity contribution in [1.29, 1.82) is 0 Å². The molecule has 2 aliphatic rings. The van der Waals surface area contributed by atoms with Gasteiger partial charge in [0, 0.05) is 31.9 Å². The van der Waals surface area contributed by atoms with Crippen LogP contribution >= 0.6 is 12.6 Å². The highest BCUT2D eigenvalue weighted by atomic mass is 32.1. The normalized spacial score (nSPS) is 20.4. The molecule has 0 aromatic heterocycles. The second-order valence-corrected chi connectivity index (χ2v) is 10.5. The lowest BCUT2D eigenvalue weighted by molar-refractivity contribution is -0.134. The van der Waals surface area contributed by atoms with Gasteiger partial charge in [-0.05, 0) is 18.8 Å². The molecule has 1 saturated heterocycles. The highest BCUT2D eigenvalue weighted by molar-refractivity contribution is 7.80. The Morgan fingerprint density at radius 2 is 1.76 bits per heavy atom. The minimum absolute atomic E-state index is 0.103. The topological polar surface area (TPSA) is 90.9 Å². The molecule has 34 heavy (non-hydrogen) atoms. The molecule has 1 heterocycles. The fourth-order valence-corrected chi connectivity index (χ4v) is 5.40. The highest BCUT2D eigenvalue weighted by Gasteiger charge is 2.31. The molecule has 2 rings (SSSR count). The number of rotatable bonds is 16. The zero-order valence-corrected chi connectivity index (χ0v) is 22.2. The summed E-state index contributed by atoms with van der Waals surface area (Å²) in [5.74, 6) is -0.123. The van der Waals surface area contributed by atoms with Gasteiger partial charge >= 0.3 is 0 Å². The quantitative estimate of drug-likeness (QED) is 0.193. The lowest BCUT2D eigenvalue weighted by atomic mass is 9.84. The van der Waals surface area contributed by atoms with E-state index in [1.54, 1.807) is 0 Å². The van der Waals surface area contributed by atoms with Crippen molar-refractivity contribution in [2.75, 3.05) is 45.1 Å². The molecule has 0 spiro atoms. The van der Waals surface area contributed by atoms with Crippen LogP contribution in [-0.2, 0) is 14.3 Å². The van der Waals surface area contributed by atoms with Crippen molar-refractivity contribution in [1.82, 2.24) is 15.5 Å². The minimum Gasteiger partial charge on any atom is -0.391 e. The third kappa shape index (κ3) is 11.3. The van der Waals surface area contributed by atoms with E-state index in [1.165, 1.54) is 32.1 Å². The summed E-state index contributed by atoms with van der Waals surface area (Å²) in [6, 6.07) is -0.546. The van der Waals surface area contributed by atoms with Gasteiger partial charge < -0.3 is 20.5 Å². The summed E-state index contributed by atoms with van der Waals surface area (Å²) in [7, 11) is 0. The van der Waals surface area contributed by atoms with Gasteiger partial charge in [-0.1, -0.05) is 71.1 Å². The van der Waals surface area contributed by atoms with Crippen LogP contribution in [-0.4, -0.2) is 79.1 Å². The number of aliphatic hydroxyl groups excluding tert-OH is 1. The first-order valence-electron chi connectivity index (χ1n) is 13.7. The molecular weight excluding hydrogens is 450 g/mol. The monoisotopic (exact) mass is 499 g/mol. The van der Waals surface area contributed by atoms with Gasteiger partial charge in [-0.3, -0.25) is 14.5 Å². The fraction of sp³-hybridized carbons (Fsp3) is 0.923. The second kappa shape index (κ2) is 17.6. The molecular formula is C26H49N3O4S. The SMILES string of the molecule is CCCCCCCC(C(=O)N[C@@H](CC1CCCCC1)C(=O)NCCN1CCOCC1)C(O)CS. The summed E-state index contributed by atoms with van der Waals surface area (Å²) >= 11 is 4.24. The lowest BCUT2D eigenvalue weighted by Crippen LogP contribution is -2.52. The van der Waals surface area contributed by atoms with Crippen molar-refractivity contribution in [2.45, 2.75) is 96.1 Å². The maximum absolute atomic E-state index is 13.2. The van der Waals surface area contributed by atoms with Crippen LogP contribution in [0.25, 0.3) is 0 Å². The van der Waals surface area contributed by atoms with E-state index in [2.05, 4.69) is 35.1 Å². The Morgan fingerprint density at radius 1 is 1.06 bits per heavy atom. The summed E-state index contributed by atoms with van der Waals surface area (Å²) in [5.41, 5.74) is 0. The minimum atomic E-state index is -0.797. The zero-order valence-electron chi connectivity index (χ0n) is 21.3. The average Bonchev–Trinajstić information content (AvgIpc) is 2.86. The first-order chi connectivity index (χ1) is 16.5. The van der Waals surface area contributed by atoms with Crippen LogP contribution in [0.15, 0.2) is 0 Å². The summed E-state index contributed by atoms with van der Waals surface area (Å²) in [6.07, 6.45) is 11.9. The van der Waals surface area contributed by atoms with E-state index in [-0.39, 0.29) is 17.6 Å². The molecule has 0 bridgehead atoms. The molecule has 1 aliphatic heterocycles. The number of carbonyl (C=O) groups excluding carboxylic acids is 2. The van der Waals surface area contributed by atoms with Gasteiger partial charge in [0.25, 0.3) is 0 Å². The Hall–Kier alpha value is -0.830. The number of carbonyl (C=O) groups is 2. The van der Waals surface area contributed by atoms with E-state index in [1.807, 2.05) is 0 Å². The molecule has 2 unspecified atom stereocenters. The Kier molecular flexibility index (Phi) is 15.2. The van der Waals surface area contributed by atoms with Crippen molar-refractivity contribution in [3.8, 4) is 0 Å². The molecule has 8 heteroatoms. The smallest absolute Gasteiger partial charge is 0.242 e. The number of thiol groups is 1. The Morgan fingerprint density at radius 3 is 2.44 bits per heavy atom. The van der Waals surface area contributed by atoms with Gasteiger partial charge in [0.15, 0.2) is 0 Å². The molecule has 2 amide bonds. The van der Waals surface area contributed by atoms with Crippen LogP contribution in [0.5, 0.6) is 0 Å². The maximum Gasteiger partial charge on any atom is 0.242 e. The average molecular weight is 500 g/mol. The van der Waals surface area contributed by atoms with Gasteiger partial charge in [0.2, 0.25) is 11.8 Å². The van der Waals surface area contributed by atoms with Crippen LogP contribution in [0.1, 0.15) is 84.0 Å². The molecule has 1 saturated carbocycles. The summed E-state index contributed by atoms with van der Waals surface area (Å²) in [5, 5.41) is 16.6. The number of nitrogens with one attached hydrogen (secondary N) is 2. The van der Waals surface area contributed by atoms with E-state index in [0.29, 0.717) is 25.3 Å². The van der Waals surface area contributed by atoms with Gasteiger partial charge in [-0.15, -0.1) is 0 Å². The van der Waals surface area contributed by atoms with E-state index in [4.69, 9.17) is 4.74 Å². The largest absolute Gasteiger partial charge is 0.391 e. The maximum atomic E-state index is 13.2. The Bertz CT molecular complexity index is 568. The summed E-state index contributed by atoms with van der Waals surface area (Å²) < 4.78 is 5.39. The van der Waals surface area contributed by atoms with E-state index in [0.717, 1.165) is 65.0 Å². The number of unbranched alkanes of at least 4 members (excludes halogenated alkanes) is 4. The number of amides is 2. The van der Waals surface area contributed by atoms with Gasteiger partial charge in [-0.2, -0.15) is 12.6 Å². The predicted molar refractivity (Wildman–Crippen MR) is 140 cm³/mol. The molecule has 0 radical (unpaired) electrons.